The molecule has 1 N–H and O–H groups in total. The number of halogens is 2. The molecule has 0 unspecified atom stereocenters. The Morgan fingerprint density at radius 1 is 1.18 bits per heavy atom. The fraction of sp³-hybridized carbons (Fsp3) is 0.263. The van der Waals surface area contributed by atoms with Crippen molar-refractivity contribution in [2.45, 2.75) is 26.2 Å². The van der Waals surface area contributed by atoms with Crippen LogP contribution in [0, 0.1) is 5.95 Å². The molecule has 0 fully saturated rings. The van der Waals surface area contributed by atoms with Crippen LogP contribution in [-0.2, 0) is 30.9 Å². The summed E-state index contributed by atoms with van der Waals surface area (Å²) in [7, 11) is 0. The Kier molecular flexibility index (Phi) is 4.29. The van der Waals surface area contributed by atoms with Gasteiger partial charge in [0.05, 0.1) is 36.5 Å². The van der Waals surface area contributed by atoms with Crippen molar-refractivity contribution in [1.29, 1.82) is 0 Å². The maximum atomic E-state index is 13.8. The smallest absolute Gasteiger partial charge is 0.236 e. The van der Waals surface area contributed by atoms with Crippen LogP contribution in [0.25, 0.3) is 0 Å². The number of hydrogen-bond donors (Lipinski definition) is 1. The fourth-order valence-electron chi connectivity index (χ4n) is 3.58. The molecule has 0 aliphatic carbocycles. The lowest BCUT2D eigenvalue weighted by atomic mass is 10.0. The van der Waals surface area contributed by atoms with E-state index in [9.17, 15) is 4.39 Å². The van der Waals surface area contributed by atoms with Gasteiger partial charge in [0.25, 0.3) is 0 Å². The van der Waals surface area contributed by atoms with Gasteiger partial charge in [-0.3, -0.25) is 4.98 Å². The normalized spacial score (nSPS) is 15.3. The molecule has 5 heterocycles. The first-order chi connectivity index (χ1) is 13.7. The summed E-state index contributed by atoms with van der Waals surface area (Å²) in [5.41, 5.74) is 4.95. The predicted molar refractivity (Wildman–Crippen MR) is 102 cm³/mol. The number of rotatable bonds is 3. The third-order valence-corrected chi connectivity index (χ3v) is 5.08. The lowest BCUT2D eigenvalue weighted by Crippen LogP contribution is -2.32. The number of hydrogen-bond acceptors (Lipinski definition) is 7. The van der Waals surface area contributed by atoms with Crippen LogP contribution in [0.2, 0.25) is 5.28 Å². The number of nitrogens with one attached hydrogen (secondary N) is 1. The van der Waals surface area contributed by atoms with Crippen LogP contribution in [0.15, 0.2) is 30.6 Å². The number of aromatic nitrogens is 4. The van der Waals surface area contributed by atoms with Gasteiger partial charge in [-0.1, -0.05) is 0 Å². The highest BCUT2D eigenvalue weighted by Gasteiger charge is 2.26. The molecular weight excluding hydrogens is 383 g/mol. The predicted octanol–water partition coefficient (Wildman–Crippen LogP) is 3.40. The minimum atomic E-state index is -0.548. The van der Waals surface area contributed by atoms with Crippen LogP contribution in [0.4, 0.5) is 21.6 Å². The first-order valence-corrected chi connectivity index (χ1v) is 9.28. The average molecular weight is 399 g/mol. The largest absolute Gasteiger partial charge is 0.370 e. The molecule has 3 aromatic rings. The molecule has 3 aromatic heterocycles. The number of pyridine rings is 2. The second-order valence-electron chi connectivity index (χ2n) is 6.70. The second kappa shape index (κ2) is 6.96. The van der Waals surface area contributed by atoms with Gasteiger partial charge >= 0.3 is 0 Å². The van der Waals surface area contributed by atoms with Crippen LogP contribution in [0.3, 0.4) is 0 Å². The van der Waals surface area contributed by atoms with Crippen molar-refractivity contribution < 1.29 is 9.13 Å². The highest BCUT2D eigenvalue weighted by Crippen LogP contribution is 2.32. The van der Waals surface area contributed by atoms with Crippen molar-refractivity contribution in [3.8, 4) is 0 Å². The molecule has 142 valence electrons. The molecule has 0 bridgehead atoms. The molecule has 28 heavy (non-hydrogen) atoms. The van der Waals surface area contributed by atoms with E-state index in [0.29, 0.717) is 31.1 Å². The van der Waals surface area contributed by atoms with Crippen molar-refractivity contribution >= 4 is 28.8 Å². The maximum Gasteiger partial charge on any atom is 0.236 e. The Balaban J connectivity index is 1.44. The van der Waals surface area contributed by atoms with Gasteiger partial charge in [-0.05, 0) is 35.4 Å². The molecule has 0 spiro atoms. The van der Waals surface area contributed by atoms with E-state index in [1.807, 2.05) is 6.07 Å². The highest BCUT2D eigenvalue weighted by atomic mass is 35.5. The average Bonchev–Trinajstić information content (AvgIpc) is 3.17. The van der Waals surface area contributed by atoms with E-state index >= 15 is 0 Å². The minimum absolute atomic E-state index is 0.227. The van der Waals surface area contributed by atoms with Gasteiger partial charge in [-0.2, -0.15) is 4.39 Å². The fourth-order valence-corrected chi connectivity index (χ4v) is 3.76. The molecule has 0 saturated heterocycles. The SMILES string of the molecule is Fc1ncccc1Nc1cnc2c(c1)CN(c1nc(Cl)nc3c1COC3)CC2. The molecule has 0 aromatic carbocycles. The molecule has 2 aliphatic heterocycles. The van der Waals surface area contributed by atoms with Gasteiger partial charge in [0.2, 0.25) is 11.2 Å². The lowest BCUT2D eigenvalue weighted by molar-refractivity contribution is 0.133. The number of fused-ring (bicyclic) bond motifs is 2. The van der Waals surface area contributed by atoms with E-state index in [-0.39, 0.29) is 5.28 Å². The summed E-state index contributed by atoms with van der Waals surface area (Å²) >= 11 is 6.11. The first kappa shape index (κ1) is 17.3. The zero-order valence-electron chi connectivity index (χ0n) is 14.8. The molecule has 2 aliphatic rings. The van der Waals surface area contributed by atoms with Gasteiger partial charge in [-0.15, -0.1) is 0 Å². The maximum absolute atomic E-state index is 13.8. The molecular formula is C19H16ClFN6O. The molecule has 0 radical (unpaired) electrons. The molecule has 0 atom stereocenters. The summed E-state index contributed by atoms with van der Waals surface area (Å²) in [5.74, 6) is 0.267. The summed E-state index contributed by atoms with van der Waals surface area (Å²) in [6, 6.07) is 5.31. The molecule has 9 heteroatoms. The van der Waals surface area contributed by atoms with Crippen LogP contribution < -0.4 is 10.2 Å². The van der Waals surface area contributed by atoms with E-state index in [1.54, 1.807) is 18.3 Å². The number of anilines is 3. The monoisotopic (exact) mass is 398 g/mol. The number of nitrogens with zero attached hydrogens (tertiary/aromatic N) is 5. The summed E-state index contributed by atoms with van der Waals surface area (Å²) in [5, 5.41) is 3.27. The van der Waals surface area contributed by atoms with Crippen LogP contribution in [0.5, 0.6) is 0 Å². The van der Waals surface area contributed by atoms with E-state index in [0.717, 1.165) is 41.3 Å². The van der Waals surface area contributed by atoms with Gasteiger partial charge in [-0.25, -0.2) is 15.0 Å². The van der Waals surface area contributed by atoms with Crippen LogP contribution >= 0.6 is 11.6 Å². The van der Waals surface area contributed by atoms with E-state index < -0.39 is 5.95 Å². The number of ether oxygens (including phenoxy) is 1. The summed E-state index contributed by atoms with van der Waals surface area (Å²) in [6.07, 6.45) is 3.92. The van der Waals surface area contributed by atoms with E-state index in [2.05, 4.69) is 30.2 Å². The zero-order valence-corrected chi connectivity index (χ0v) is 15.6. The molecule has 0 saturated carbocycles. The van der Waals surface area contributed by atoms with Crippen molar-refractivity contribution in [2.24, 2.45) is 0 Å². The Morgan fingerprint density at radius 2 is 2.11 bits per heavy atom. The quantitative estimate of drug-likeness (QED) is 0.535. The highest BCUT2D eigenvalue weighted by molar-refractivity contribution is 6.28. The second-order valence-corrected chi connectivity index (χ2v) is 7.04. The Labute approximate surface area is 165 Å². The van der Waals surface area contributed by atoms with Gasteiger partial charge < -0.3 is 15.0 Å². The Hall–Kier alpha value is -2.84. The summed E-state index contributed by atoms with van der Waals surface area (Å²) < 4.78 is 19.3. The van der Waals surface area contributed by atoms with Gasteiger partial charge in [0.1, 0.15) is 5.82 Å². The minimum Gasteiger partial charge on any atom is -0.370 e. The standard InChI is InChI=1S/C19H16ClFN6O/c20-19-25-16-10-28-9-13(16)18(26-19)27-5-3-14-11(8-27)6-12(7-23-14)24-15-2-1-4-22-17(15)21/h1-2,4,6-7,24H,3,5,8-10H2. The van der Waals surface area contributed by atoms with Crippen molar-refractivity contribution in [1.82, 2.24) is 19.9 Å². The molecule has 7 nitrogen and oxygen atoms in total. The van der Waals surface area contributed by atoms with Crippen molar-refractivity contribution in [2.75, 3.05) is 16.8 Å². The Morgan fingerprint density at radius 3 is 3.00 bits per heavy atom. The lowest BCUT2D eigenvalue weighted by Gasteiger charge is -2.30. The summed E-state index contributed by atoms with van der Waals surface area (Å²) in [4.78, 5) is 19.1. The van der Waals surface area contributed by atoms with Crippen LogP contribution in [-0.4, -0.2) is 26.5 Å². The third-order valence-electron chi connectivity index (χ3n) is 4.91. The van der Waals surface area contributed by atoms with Gasteiger partial charge in [0.15, 0.2) is 0 Å². The first-order valence-electron chi connectivity index (χ1n) is 8.90. The molecule has 0 amide bonds. The van der Waals surface area contributed by atoms with Crippen molar-refractivity contribution in [3.05, 3.63) is 64.3 Å². The van der Waals surface area contributed by atoms with Gasteiger partial charge in [0, 0.05) is 37.0 Å². The topological polar surface area (TPSA) is 76.1 Å². The van der Waals surface area contributed by atoms with Crippen molar-refractivity contribution in [3.63, 3.8) is 0 Å². The summed E-state index contributed by atoms with van der Waals surface area (Å²) in [6.45, 7) is 2.36. The third kappa shape index (κ3) is 3.14. The zero-order chi connectivity index (χ0) is 19.1. The van der Waals surface area contributed by atoms with Crippen LogP contribution in [0.1, 0.15) is 22.5 Å². The Bertz CT molecular complexity index is 1060. The van der Waals surface area contributed by atoms with E-state index in [1.165, 1.54) is 6.20 Å². The molecule has 5 rings (SSSR count). The van der Waals surface area contributed by atoms with E-state index in [4.69, 9.17) is 16.3 Å².